The van der Waals surface area contributed by atoms with Crippen molar-refractivity contribution in [2.75, 3.05) is 0 Å². The Labute approximate surface area is 199 Å². The number of hydrogen-bond acceptors (Lipinski definition) is 1. The molecule has 1 nitrogen and oxygen atoms in total. The Bertz CT molecular complexity index is 794. The normalized spacial score (nSPS) is 30.0. The first-order chi connectivity index (χ1) is 15.4. The predicted octanol–water partition coefficient (Wildman–Crippen LogP) is 8.63. The molecule has 3 aliphatic rings. The Hall–Kier alpha value is -0.910. The topological polar surface area (TPSA) is 26.0 Å². The van der Waals surface area contributed by atoms with Crippen LogP contribution in [0.5, 0.6) is 0 Å². The molecule has 4 rings (SSSR count). The van der Waals surface area contributed by atoms with E-state index in [2.05, 4.69) is 76.3 Å². The predicted molar refractivity (Wildman–Crippen MR) is 143 cm³/mol. The molecule has 176 valence electrons. The molecule has 2 unspecified atom stereocenters. The number of allylic oxidation sites excluding steroid dienone is 2. The molecule has 0 saturated heterocycles. The molecule has 0 aliphatic heterocycles. The lowest BCUT2D eigenvalue weighted by Gasteiger charge is -2.59. The zero-order chi connectivity index (χ0) is 22.8. The molecular weight excluding hydrogens is 405 g/mol. The van der Waals surface area contributed by atoms with Gasteiger partial charge in [-0.2, -0.15) is 0 Å². The van der Waals surface area contributed by atoms with E-state index < -0.39 is 5.54 Å². The summed E-state index contributed by atoms with van der Waals surface area (Å²) in [5.74, 6) is 0.996. The van der Waals surface area contributed by atoms with Gasteiger partial charge in [0.15, 0.2) is 0 Å². The lowest BCUT2D eigenvalue weighted by Crippen LogP contribution is -2.60. The van der Waals surface area contributed by atoms with Gasteiger partial charge in [0, 0.05) is 5.16 Å². The summed E-state index contributed by atoms with van der Waals surface area (Å²) in [6.45, 7) is 9.60. The van der Waals surface area contributed by atoms with Gasteiger partial charge in [-0.05, 0) is 60.0 Å². The monoisotopic (exact) mass is 451 g/mol. The molecule has 0 amide bonds. The van der Waals surface area contributed by atoms with Crippen LogP contribution in [0.1, 0.15) is 109 Å². The second-order valence-corrected chi connectivity index (χ2v) is 14.3. The standard InChI is InChI=1S/C30H46NP/c1-23(2)27-19-11-12-20-28(27)29(31)21-13-14-22-30(29,24(3)4)32(25-15-7-5-8-16-25)26-17-9-6-10-18-26/h11-14,19-26H,5-10,15-18,31H2,1-4H3. The molecule has 0 spiro atoms. The van der Waals surface area contributed by atoms with Crippen LogP contribution in [-0.4, -0.2) is 16.5 Å². The van der Waals surface area contributed by atoms with Crippen LogP contribution in [0.2, 0.25) is 0 Å². The molecule has 0 heterocycles. The summed E-state index contributed by atoms with van der Waals surface area (Å²) in [4.78, 5) is 0. The van der Waals surface area contributed by atoms with Gasteiger partial charge >= 0.3 is 0 Å². The number of hydrogen-bond donors (Lipinski definition) is 1. The van der Waals surface area contributed by atoms with Gasteiger partial charge in [-0.3, -0.25) is 0 Å². The summed E-state index contributed by atoms with van der Waals surface area (Å²) in [5.41, 5.74) is 11.9. The Balaban J connectivity index is 1.92. The van der Waals surface area contributed by atoms with Crippen molar-refractivity contribution in [1.82, 2.24) is 0 Å². The average Bonchev–Trinajstić information content (AvgIpc) is 2.82. The first kappa shape index (κ1) is 24.2. The number of rotatable bonds is 6. The van der Waals surface area contributed by atoms with E-state index in [-0.39, 0.29) is 13.1 Å². The third-order valence-electron chi connectivity index (χ3n) is 8.76. The highest BCUT2D eigenvalue weighted by atomic mass is 31.1. The number of nitrogens with two attached hydrogens (primary N) is 1. The van der Waals surface area contributed by atoms with Crippen LogP contribution in [0.4, 0.5) is 0 Å². The van der Waals surface area contributed by atoms with E-state index >= 15 is 0 Å². The summed E-state index contributed by atoms with van der Waals surface area (Å²) >= 11 is 0. The van der Waals surface area contributed by atoms with E-state index in [4.69, 9.17) is 5.73 Å². The van der Waals surface area contributed by atoms with Crippen molar-refractivity contribution in [2.24, 2.45) is 11.7 Å². The summed E-state index contributed by atoms with van der Waals surface area (Å²) in [5, 5.41) is 0.0199. The molecule has 1 aromatic rings. The van der Waals surface area contributed by atoms with Crippen LogP contribution in [0, 0.1) is 5.92 Å². The van der Waals surface area contributed by atoms with E-state index in [1.54, 1.807) is 0 Å². The molecule has 2 atom stereocenters. The first-order valence-corrected chi connectivity index (χ1v) is 14.9. The maximum absolute atomic E-state index is 7.79. The summed E-state index contributed by atoms with van der Waals surface area (Å²) in [6, 6.07) is 9.10. The highest BCUT2D eigenvalue weighted by Gasteiger charge is 2.58. The van der Waals surface area contributed by atoms with Crippen LogP contribution in [-0.2, 0) is 5.54 Å². The van der Waals surface area contributed by atoms with E-state index in [9.17, 15) is 0 Å². The Morgan fingerprint density at radius 1 is 0.781 bits per heavy atom. The fourth-order valence-corrected chi connectivity index (χ4v) is 12.4. The van der Waals surface area contributed by atoms with E-state index in [0.717, 1.165) is 11.3 Å². The third-order valence-corrected chi connectivity index (χ3v) is 13.3. The van der Waals surface area contributed by atoms with Gasteiger partial charge in [0.2, 0.25) is 0 Å². The van der Waals surface area contributed by atoms with Gasteiger partial charge in [0.05, 0.1) is 5.54 Å². The summed E-state index contributed by atoms with van der Waals surface area (Å²) < 4.78 is 0. The van der Waals surface area contributed by atoms with Crippen molar-refractivity contribution in [2.45, 2.75) is 120 Å². The second kappa shape index (κ2) is 10.1. The molecule has 2 fully saturated rings. The highest BCUT2D eigenvalue weighted by Crippen LogP contribution is 2.71. The SMILES string of the molecule is CC(C)c1ccccc1C1(N)C=CC=CC1(C(C)C)P(C1CCCCC1)C1CCCCC1. The van der Waals surface area contributed by atoms with Crippen molar-refractivity contribution >= 4 is 7.92 Å². The van der Waals surface area contributed by atoms with Crippen molar-refractivity contribution in [1.29, 1.82) is 0 Å². The van der Waals surface area contributed by atoms with Crippen molar-refractivity contribution in [3.8, 4) is 0 Å². The van der Waals surface area contributed by atoms with Crippen LogP contribution >= 0.6 is 7.92 Å². The van der Waals surface area contributed by atoms with Crippen LogP contribution in [0.25, 0.3) is 0 Å². The molecule has 2 saturated carbocycles. The number of benzene rings is 1. The maximum Gasteiger partial charge on any atom is 0.0736 e. The van der Waals surface area contributed by atoms with Gasteiger partial charge in [-0.25, -0.2) is 0 Å². The van der Waals surface area contributed by atoms with Gasteiger partial charge in [0.1, 0.15) is 0 Å². The molecule has 0 aromatic heterocycles. The third kappa shape index (κ3) is 4.18. The fourth-order valence-electron chi connectivity index (χ4n) is 7.25. The largest absolute Gasteiger partial charge is 0.317 e. The van der Waals surface area contributed by atoms with Crippen LogP contribution in [0.3, 0.4) is 0 Å². The molecular formula is C30H46NP. The van der Waals surface area contributed by atoms with Crippen molar-refractivity contribution < 1.29 is 0 Å². The lowest BCUT2D eigenvalue weighted by molar-refractivity contribution is 0.332. The van der Waals surface area contributed by atoms with Gasteiger partial charge in [-0.15, -0.1) is 0 Å². The minimum Gasteiger partial charge on any atom is -0.317 e. The van der Waals surface area contributed by atoms with Crippen molar-refractivity contribution in [3.63, 3.8) is 0 Å². The Morgan fingerprint density at radius 2 is 1.31 bits per heavy atom. The van der Waals surface area contributed by atoms with Crippen molar-refractivity contribution in [3.05, 3.63) is 59.7 Å². The average molecular weight is 452 g/mol. The van der Waals surface area contributed by atoms with E-state index in [0.29, 0.717) is 11.8 Å². The van der Waals surface area contributed by atoms with Crippen LogP contribution in [0.15, 0.2) is 48.6 Å². The van der Waals surface area contributed by atoms with E-state index in [1.165, 1.54) is 75.3 Å². The van der Waals surface area contributed by atoms with Crippen LogP contribution < -0.4 is 5.73 Å². The minimum atomic E-state index is -0.433. The first-order valence-electron chi connectivity index (χ1n) is 13.5. The molecule has 2 N–H and O–H groups in total. The molecule has 3 aliphatic carbocycles. The fraction of sp³-hybridized carbons (Fsp3) is 0.667. The molecule has 32 heavy (non-hydrogen) atoms. The zero-order valence-corrected chi connectivity index (χ0v) is 21.9. The van der Waals surface area contributed by atoms with Gasteiger partial charge in [0.25, 0.3) is 0 Å². The second-order valence-electron chi connectivity index (χ2n) is 11.3. The van der Waals surface area contributed by atoms with Gasteiger partial charge < -0.3 is 5.73 Å². The van der Waals surface area contributed by atoms with E-state index in [1.807, 2.05) is 0 Å². The molecule has 1 aromatic carbocycles. The minimum absolute atomic E-state index is 0.0199. The molecule has 0 bridgehead atoms. The highest BCUT2D eigenvalue weighted by molar-refractivity contribution is 7.61. The Morgan fingerprint density at radius 3 is 1.84 bits per heavy atom. The summed E-state index contributed by atoms with van der Waals surface area (Å²) in [6.07, 6.45) is 23.9. The smallest absolute Gasteiger partial charge is 0.0736 e. The summed E-state index contributed by atoms with van der Waals surface area (Å²) in [7, 11) is -0.245. The maximum atomic E-state index is 7.79. The molecule has 2 heteroatoms. The lowest BCUT2D eigenvalue weighted by atomic mass is 9.68. The quantitative estimate of drug-likeness (QED) is 0.430. The molecule has 0 radical (unpaired) electrons. The zero-order valence-electron chi connectivity index (χ0n) is 21.0. The van der Waals surface area contributed by atoms with Gasteiger partial charge in [-0.1, -0.05) is 123 Å². The Kier molecular flexibility index (Phi) is 7.68.